The van der Waals surface area contributed by atoms with Gasteiger partial charge in [0.25, 0.3) is 0 Å². The number of aliphatic hydroxyl groups excluding tert-OH is 1. The second-order valence-corrected chi connectivity index (χ2v) is 5.29. The van der Waals surface area contributed by atoms with Crippen LogP contribution in [-0.2, 0) is 6.42 Å². The van der Waals surface area contributed by atoms with E-state index in [1.165, 1.54) is 25.3 Å². The highest BCUT2D eigenvalue weighted by Gasteiger charge is 2.18. The number of ether oxygens (including phenoxy) is 1. The van der Waals surface area contributed by atoms with Crippen molar-refractivity contribution in [1.29, 1.82) is 0 Å². The van der Waals surface area contributed by atoms with Crippen LogP contribution in [0.2, 0.25) is 0 Å². The number of methoxy groups -OCH3 is 1. The highest BCUT2D eigenvalue weighted by molar-refractivity contribution is 9.10. The number of benzene rings is 2. The van der Waals surface area contributed by atoms with Crippen LogP contribution in [0.4, 0.5) is 13.2 Å². The Bertz CT molecular complexity index is 662. The minimum Gasteiger partial charge on any atom is -0.494 e. The Morgan fingerprint density at radius 3 is 2.48 bits per heavy atom. The van der Waals surface area contributed by atoms with Crippen molar-refractivity contribution in [1.82, 2.24) is 0 Å². The molecule has 2 rings (SSSR count). The highest BCUT2D eigenvalue weighted by Crippen LogP contribution is 2.28. The molecule has 2 nitrogen and oxygen atoms in total. The maximum absolute atomic E-state index is 13.8. The van der Waals surface area contributed by atoms with E-state index in [0.29, 0.717) is 0 Å². The summed E-state index contributed by atoms with van der Waals surface area (Å²) in [6.45, 7) is 0. The summed E-state index contributed by atoms with van der Waals surface area (Å²) in [5.41, 5.74) is -0.0415. The van der Waals surface area contributed by atoms with Crippen molar-refractivity contribution >= 4 is 15.9 Å². The molecule has 1 N–H and O–H groups in total. The summed E-state index contributed by atoms with van der Waals surface area (Å²) in [5, 5.41) is 10.0. The predicted octanol–water partition coefficient (Wildman–Crippen LogP) is 4.15. The molecule has 0 radical (unpaired) electrons. The van der Waals surface area contributed by atoms with Crippen molar-refractivity contribution in [2.75, 3.05) is 7.11 Å². The lowest BCUT2D eigenvalue weighted by Crippen LogP contribution is -2.07. The molecule has 2 aromatic rings. The van der Waals surface area contributed by atoms with Crippen LogP contribution in [0.25, 0.3) is 0 Å². The second kappa shape index (κ2) is 6.49. The summed E-state index contributed by atoms with van der Waals surface area (Å²) < 4.78 is 45.9. The number of rotatable bonds is 4. The first-order valence-corrected chi connectivity index (χ1v) is 6.87. The molecule has 1 unspecified atom stereocenters. The van der Waals surface area contributed by atoms with Gasteiger partial charge in [-0.2, -0.15) is 0 Å². The van der Waals surface area contributed by atoms with E-state index in [2.05, 4.69) is 15.9 Å². The lowest BCUT2D eigenvalue weighted by molar-refractivity contribution is 0.175. The standard InChI is InChI=1S/C15H12BrF3O2/c1-21-14-5-2-8(6-12(14)18)13(20)7-9-11(17)4-3-10(16)15(9)19/h2-6,13,20H,7H2,1H3. The molecule has 1 atom stereocenters. The van der Waals surface area contributed by atoms with E-state index >= 15 is 0 Å². The Balaban J connectivity index is 2.28. The molecule has 21 heavy (non-hydrogen) atoms. The van der Waals surface area contributed by atoms with Crippen molar-refractivity contribution in [2.45, 2.75) is 12.5 Å². The average Bonchev–Trinajstić information content (AvgIpc) is 2.47. The van der Waals surface area contributed by atoms with Crippen LogP contribution in [0.15, 0.2) is 34.8 Å². The zero-order valence-corrected chi connectivity index (χ0v) is 12.6. The van der Waals surface area contributed by atoms with Gasteiger partial charge in [-0.05, 0) is 45.8 Å². The molecule has 112 valence electrons. The zero-order valence-electron chi connectivity index (χ0n) is 11.0. The maximum atomic E-state index is 13.8. The first-order chi connectivity index (χ1) is 9.93. The fourth-order valence-electron chi connectivity index (χ4n) is 1.96. The Morgan fingerprint density at radius 1 is 1.14 bits per heavy atom. The van der Waals surface area contributed by atoms with Gasteiger partial charge < -0.3 is 9.84 Å². The monoisotopic (exact) mass is 360 g/mol. The summed E-state index contributed by atoms with van der Waals surface area (Å²) in [6, 6.07) is 6.22. The number of aliphatic hydroxyl groups is 1. The van der Waals surface area contributed by atoms with E-state index in [1.807, 2.05) is 0 Å². The third-order valence-corrected chi connectivity index (χ3v) is 3.71. The van der Waals surface area contributed by atoms with Crippen LogP contribution >= 0.6 is 15.9 Å². The zero-order chi connectivity index (χ0) is 15.6. The van der Waals surface area contributed by atoms with Gasteiger partial charge in [-0.3, -0.25) is 0 Å². The summed E-state index contributed by atoms with van der Waals surface area (Å²) in [4.78, 5) is 0. The Morgan fingerprint density at radius 2 is 1.86 bits per heavy atom. The SMILES string of the molecule is COc1ccc(C(O)Cc2c(F)ccc(Br)c2F)cc1F. The van der Waals surface area contributed by atoms with Crippen LogP contribution in [0.3, 0.4) is 0 Å². The van der Waals surface area contributed by atoms with Crippen molar-refractivity contribution in [3.63, 3.8) is 0 Å². The molecule has 0 bridgehead atoms. The van der Waals surface area contributed by atoms with Crippen LogP contribution in [0, 0.1) is 17.5 Å². The molecule has 0 saturated carbocycles. The molecule has 0 amide bonds. The molecule has 0 aromatic heterocycles. The van der Waals surface area contributed by atoms with Gasteiger partial charge in [0.2, 0.25) is 0 Å². The molecular weight excluding hydrogens is 349 g/mol. The van der Waals surface area contributed by atoms with Crippen molar-refractivity contribution in [3.05, 3.63) is 63.4 Å². The first-order valence-electron chi connectivity index (χ1n) is 6.08. The summed E-state index contributed by atoms with van der Waals surface area (Å²) in [6.07, 6.45) is -1.54. The van der Waals surface area contributed by atoms with Gasteiger partial charge in [0.1, 0.15) is 11.6 Å². The van der Waals surface area contributed by atoms with E-state index < -0.39 is 23.6 Å². The lowest BCUT2D eigenvalue weighted by Gasteiger charge is -2.14. The van der Waals surface area contributed by atoms with Crippen molar-refractivity contribution < 1.29 is 23.0 Å². The first kappa shape index (κ1) is 15.9. The topological polar surface area (TPSA) is 29.5 Å². The summed E-state index contributed by atoms with van der Waals surface area (Å²) >= 11 is 2.96. The normalized spacial score (nSPS) is 12.3. The lowest BCUT2D eigenvalue weighted by atomic mass is 10.0. The molecule has 6 heteroatoms. The quantitative estimate of drug-likeness (QED) is 0.830. The predicted molar refractivity (Wildman–Crippen MR) is 75.7 cm³/mol. The molecule has 0 spiro atoms. The minimum absolute atomic E-state index is 0.0331. The highest BCUT2D eigenvalue weighted by atomic mass is 79.9. The van der Waals surface area contributed by atoms with Gasteiger partial charge in [0.05, 0.1) is 17.7 Å². The van der Waals surface area contributed by atoms with Gasteiger partial charge in [0.15, 0.2) is 11.6 Å². The van der Waals surface area contributed by atoms with Gasteiger partial charge >= 0.3 is 0 Å². The van der Waals surface area contributed by atoms with Crippen LogP contribution in [0.5, 0.6) is 5.75 Å². The molecule has 2 aromatic carbocycles. The largest absolute Gasteiger partial charge is 0.494 e. The minimum atomic E-state index is -1.23. The van der Waals surface area contributed by atoms with E-state index in [1.54, 1.807) is 0 Å². The van der Waals surface area contributed by atoms with Crippen LogP contribution in [-0.4, -0.2) is 12.2 Å². The van der Waals surface area contributed by atoms with E-state index in [0.717, 1.165) is 12.1 Å². The third kappa shape index (κ3) is 3.39. The average molecular weight is 361 g/mol. The third-order valence-electron chi connectivity index (χ3n) is 3.10. The van der Waals surface area contributed by atoms with Gasteiger partial charge in [0, 0.05) is 12.0 Å². The van der Waals surface area contributed by atoms with Gasteiger partial charge in [-0.1, -0.05) is 6.07 Å². The van der Waals surface area contributed by atoms with Crippen LogP contribution < -0.4 is 4.74 Å². The molecule has 0 aliphatic carbocycles. The molecule has 0 heterocycles. The van der Waals surface area contributed by atoms with E-state index in [4.69, 9.17) is 4.74 Å². The Labute approximate surface area is 128 Å². The smallest absolute Gasteiger partial charge is 0.165 e. The molecule has 0 aliphatic rings. The summed E-state index contributed by atoms with van der Waals surface area (Å²) in [5.74, 6) is -2.15. The Kier molecular flexibility index (Phi) is 4.90. The van der Waals surface area contributed by atoms with Crippen molar-refractivity contribution in [2.24, 2.45) is 0 Å². The molecular formula is C15H12BrF3O2. The molecule has 0 fully saturated rings. The van der Waals surface area contributed by atoms with E-state index in [-0.39, 0.29) is 27.8 Å². The van der Waals surface area contributed by atoms with E-state index in [9.17, 15) is 18.3 Å². The second-order valence-electron chi connectivity index (χ2n) is 4.44. The number of halogens is 4. The molecule has 0 saturated heterocycles. The Hall–Kier alpha value is -1.53. The fraction of sp³-hybridized carbons (Fsp3) is 0.200. The molecule has 0 aliphatic heterocycles. The van der Waals surface area contributed by atoms with Gasteiger partial charge in [-0.25, -0.2) is 13.2 Å². The van der Waals surface area contributed by atoms with Gasteiger partial charge in [-0.15, -0.1) is 0 Å². The van der Waals surface area contributed by atoms with Crippen molar-refractivity contribution in [3.8, 4) is 5.75 Å². The maximum Gasteiger partial charge on any atom is 0.165 e. The summed E-state index contributed by atoms with van der Waals surface area (Å²) in [7, 11) is 1.32. The number of hydrogen-bond donors (Lipinski definition) is 1. The van der Waals surface area contributed by atoms with Crippen LogP contribution in [0.1, 0.15) is 17.2 Å². The number of hydrogen-bond acceptors (Lipinski definition) is 2. The fourth-order valence-corrected chi connectivity index (χ4v) is 2.33.